The number of halogens is 3. The molecule has 0 bridgehead atoms. The number of hydrogen-bond donors (Lipinski definition) is 2. The van der Waals surface area contributed by atoms with Crippen LogP contribution in [0.3, 0.4) is 0 Å². The zero-order chi connectivity index (χ0) is 15.1. The Hall–Kier alpha value is -1.08. The van der Waals surface area contributed by atoms with Crippen LogP contribution in [0.2, 0.25) is 0 Å². The van der Waals surface area contributed by atoms with Crippen LogP contribution in [0.25, 0.3) is 0 Å². The molecule has 0 radical (unpaired) electrons. The smallest absolute Gasteiger partial charge is 0.348 e. The molecular formula is C14H17F3N2OS. The van der Waals surface area contributed by atoms with Gasteiger partial charge in [0.2, 0.25) is 5.91 Å². The van der Waals surface area contributed by atoms with Gasteiger partial charge in [-0.1, -0.05) is 0 Å². The number of fused-ring (bicyclic) bond motifs is 1. The summed E-state index contributed by atoms with van der Waals surface area (Å²) in [5.41, 5.74) is -1.29. The van der Waals surface area contributed by atoms with Gasteiger partial charge in [0.05, 0.1) is 6.04 Å². The summed E-state index contributed by atoms with van der Waals surface area (Å²) in [6.45, 7) is -0.104. The first kappa shape index (κ1) is 14.8. The summed E-state index contributed by atoms with van der Waals surface area (Å²) in [5, 5.41) is 7.27. The van der Waals surface area contributed by atoms with Crippen molar-refractivity contribution in [2.45, 2.75) is 37.9 Å². The number of hydrogen-bond acceptors (Lipinski definition) is 3. The minimum Gasteiger partial charge on any atom is -0.348 e. The van der Waals surface area contributed by atoms with Gasteiger partial charge in [0.1, 0.15) is 0 Å². The SMILES string of the molecule is O=C(NC1CCCc2sccc21)C1(C(F)(F)F)CCNC1. The second-order valence-electron chi connectivity index (χ2n) is 5.72. The third-order valence-electron chi connectivity index (χ3n) is 4.49. The summed E-state index contributed by atoms with van der Waals surface area (Å²) in [5.74, 6) is -0.885. The number of rotatable bonds is 2. The molecule has 1 aliphatic heterocycles. The number of thiophene rings is 1. The normalized spacial score (nSPS) is 29.2. The maximum absolute atomic E-state index is 13.4. The summed E-state index contributed by atoms with van der Waals surface area (Å²) in [6.07, 6.45) is -2.16. The molecule has 3 rings (SSSR count). The Morgan fingerprint density at radius 2 is 2.29 bits per heavy atom. The minimum atomic E-state index is -4.52. The van der Waals surface area contributed by atoms with Crippen LogP contribution >= 0.6 is 11.3 Å². The van der Waals surface area contributed by atoms with Gasteiger partial charge in [-0.3, -0.25) is 4.79 Å². The van der Waals surface area contributed by atoms with Gasteiger partial charge in [-0.05, 0) is 49.2 Å². The number of nitrogens with one attached hydrogen (secondary N) is 2. The van der Waals surface area contributed by atoms with Crippen molar-refractivity contribution in [1.29, 1.82) is 0 Å². The van der Waals surface area contributed by atoms with E-state index in [2.05, 4.69) is 10.6 Å². The van der Waals surface area contributed by atoms with Crippen molar-refractivity contribution in [2.75, 3.05) is 13.1 Å². The van der Waals surface area contributed by atoms with E-state index >= 15 is 0 Å². The molecule has 0 spiro atoms. The van der Waals surface area contributed by atoms with Crippen molar-refractivity contribution < 1.29 is 18.0 Å². The highest BCUT2D eigenvalue weighted by Crippen LogP contribution is 2.44. The molecule has 2 atom stereocenters. The number of carbonyl (C=O) groups excluding carboxylic acids is 1. The molecule has 21 heavy (non-hydrogen) atoms. The molecule has 0 aromatic carbocycles. The number of aryl methyl sites for hydroxylation is 1. The van der Waals surface area contributed by atoms with E-state index in [0.717, 1.165) is 18.4 Å². The summed E-state index contributed by atoms with van der Waals surface area (Å²) in [6, 6.07) is 1.63. The van der Waals surface area contributed by atoms with E-state index in [0.29, 0.717) is 6.42 Å². The lowest BCUT2D eigenvalue weighted by atomic mass is 9.84. The molecular weight excluding hydrogens is 301 g/mol. The molecule has 2 unspecified atom stereocenters. The van der Waals surface area contributed by atoms with Gasteiger partial charge in [-0.2, -0.15) is 13.2 Å². The van der Waals surface area contributed by atoms with Crippen molar-refractivity contribution in [3.8, 4) is 0 Å². The van der Waals surface area contributed by atoms with Crippen molar-refractivity contribution >= 4 is 17.2 Å². The van der Waals surface area contributed by atoms with Gasteiger partial charge in [-0.25, -0.2) is 0 Å². The van der Waals surface area contributed by atoms with Crippen LogP contribution < -0.4 is 10.6 Å². The second-order valence-corrected chi connectivity index (χ2v) is 6.72. The zero-order valence-electron chi connectivity index (χ0n) is 11.4. The van der Waals surface area contributed by atoms with Crippen molar-refractivity contribution in [3.05, 3.63) is 21.9 Å². The Balaban J connectivity index is 1.81. The lowest BCUT2D eigenvalue weighted by molar-refractivity contribution is -0.216. The van der Waals surface area contributed by atoms with E-state index in [1.54, 1.807) is 11.3 Å². The molecule has 7 heteroatoms. The van der Waals surface area contributed by atoms with E-state index in [1.165, 1.54) is 4.88 Å². The lowest BCUT2D eigenvalue weighted by Gasteiger charge is -2.32. The molecule has 1 aliphatic carbocycles. The van der Waals surface area contributed by atoms with Gasteiger partial charge >= 0.3 is 6.18 Å². The largest absolute Gasteiger partial charge is 0.404 e. The number of carbonyl (C=O) groups is 1. The highest BCUT2D eigenvalue weighted by molar-refractivity contribution is 7.10. The Bertz CT molecular complexity index is 535. The molecule has 116 valence electrons. The molecule has 1 aromatic heterocycles. The van der Waals surface area contributed by atoms with Crippen LogP contribution in [0.1, 0.15) is 35.7 Å². The van der Waals surface area contributed by atoms with Gasteiger partial charge in [0.25, 0.3) is 0 Å². The zero-order valence-corrected chi connectivity index (χ0v) is 12.2. The fourth-order valence-corrected chi connectivity index (χ4v) is 4.18. The fourth-order valence-electron chi connectivity index (χ4n) is 3.19. The summed E-state index contributed by atoms with van der Waals surface area (Å²) in [7, 11) is 0. The van der Waals surface area contributed by atoms with Crippen LogP contribution in [0, 0.1) is 5.41 Å². The Kier molecular flexibility index (Phi) is 3.73. The van der Waals surface area contributed by atoms with Crippen LogP contribution in [0.15, 0.2) is 11.4 Å². The number of alkyl halides is 3. The van der Waals surface area contributed by atoms with Crippen molar-refractivity contribution in [3.63, 3.8) is 0 Å². The molecule has 2 aliphatic rings. The van der Waals surface area contributed by atoms with Gasteiger partial charge < -0.3 is 10.6 Å². The third-order valence-corrected chi connectivity index (χ3v) is 5.49. The molecule has 2 N–H and O–H groups in total. The first-order valence-corrected chi connectivity index (χ1v) is 7.97. The predicted octanol–water partition coefficient (Wildman–Crippen LogP) is 2.78. The van der Waals surface area contributed by atoms with E-state index < -0.39 is 17.5 Å². The summed E-state index contributed by atoms with van der Waals surface area (Å²) in [4.78, 5) is 13.5. The molecule has 2 heterocycles. The highest BCUT2D eigenvalue weighted by Gasteiger charge is 2.61. The van der Waals surface area contributed by atoms with Crippen molar-refractivity contribution in [1.82, 2.24) is 10.6 Å². The van der Waals surface area contributed by atoms with Gasteiger partial charge in [0, 0.05) is 11.4 Å². The first-order valence-electron chi connectivity index (χ1n) is 7.09. The van der Waals surface area contributed by atoms with Crippen LogP contribution in [0.5, 0.6) is 0 Å². The predicted molar refractivity (Wildman–Crippen MR) is 74.1 cm³/mol. The van der Waals surface area contributed by atoms with E-state index in [-0.39, 0.29) is 25.6 Å². The van der Waals surface area contributed by atoms with Gasteiger partial charge in [-0.15, -0.1) is 11.3 Å². The fraction of sp³-hybridized carbons (Fsp3) is 0.643. The summed E-state index contributed by atoms with van der Waals surface area (Å²) >= 11 is 1.61. The second kappa shape index (κ2) is 5.28. The highest BCUT2D eigenvalue weighted by atomic mass is 32.1. The topological polar surface area (TPSA) is 41.1 Å². The van der Waals surface area contributed by atoms with Crippen LogP contribution in [0.4, 0.5) is 13.2 Å². The quantitative estimate of drug-likeness (QED) is 0.880. The maximum atomic E-state index is 13.4. The Morgan fingerprint density at radius 3 is 2.95 bits per heavy atom. The Labute approximate surface area is 124 Å². The Morgan fingerprint density at radius 1 is 1.48 bits per heavy atom. The maximum Gasteiger partial charge on any atom is 0.404 e. The van der Waals surface area contributed by atoms with E-state index in [4.69, 9.17) is 0 Å². The molecule has 3 nitrogen and oxygen atoms in total. The average Bonchev–Trinajstić information content (AvgIpc) is 3.08. The van der Waals surface area contributed by atoms with Crippen LogP contribution in [-0.4, -0.2) is 25.2 Å². The molecule has 1 saturated heterocycles. The third kappa shape index (κ3) is 2.46. The van der Waals surface area contributed by atoms with E-state index in [1.807, 2.05) is 11.4 Å². The standard InChI is InChI=1S/C14H17F3N2OS/c15-14(16,17)13(5-6-18-8-13)12(20)19-10-2-1-3-11-9(10)4-7-21-11/h4,7,10,18H,1-3,5-6,8H2,(H,19,20). The lowest BCUT2D eigenvalue weighted by Crippen LogP contribution is -2.53. The molecule has 1 amide bonds. The first-order chi connectivity index (χ1) is 9.94. The van der Waals surface area contributed by atoms with Crippen LogP contribution in [-0.2, 0) is 11.2 Å². The summed E-state index contributed by atoms with van der Waals surface area (Å²) < 4.78 is 40.1. The number of amides is 1. The van der Waals surface area contributed by atoms with E-state index in [9.17, 15) is 18.0 Å². The van der Waals surface area contributed by atoms with Crippen molar-refractivity contribution in [2.24, 2.45) is 5.41 Å². The van der Waals surface area contributed by atoms with Gasteiger partial charge in [0.15, 0.2) is 5.41 Å². The monoisotopic (exact) mass is 318 g/mol. The average molecular weight is 318 g/mol. The molecule has 1 fully saturated rings. The molecule has 1 aromatic rings. The minimum absolute atomic E-state index is 0.189. The molecule has 0 saturated carbocycles.